The van der Waals surface area contributed by atoms with Crippen LogP contribution < -0.4 is 5.32 Å². The van der Waals surface area contributed by atoms with Crippen molar-refractivity contribution in [3.8, 4) is 0 Å². The van der Waals surface area contributed by atoms with Crippen LogP contribution in [-0.2, 0) is 9.53 Å². The lowest BCUT2D eigenvalue weighted by Crippen LogP contribution is -2.35. The Labute approximate surface area is 112 Å². The van der Waals surface area contributed by atoms with Crippen molar-refractivity contribution in [2.45, 2.75) is 13.8 Å². The molecule has 0 aliphatic rings. The molecule has 6 nitrogen and oxygen atoms in total. The van der Waals surface area contributed by atoms with Crippen LogP contribution >= 0.6 is 0 Å². The van der Waals surface area contributed by atoms with Gasteiger partial charge in [0, 0.05) is 25.0 Å². The first-order valence-corrected chi connectivity index (χ1v) is 6.18. The Morgan fingerprint density at radius 2 is 2.05 bits per heavy atom. The number of nitrogens with one attached hydrogen (secondary N) is 1. The summed E-state index contributed by atoms with van der Waals surface area (Å²) in [5, 5.41) is 2.97. The average molecular weight is 265 g/mol. The summed E-state index contributed by atoms with van der Waals surface area (Å²) in [6, 6.07) is 3.25. The summed E-state index contributed by atoms with van der Waals surface area (Å²) in [5.41, 5.74) is 0.874. The molecule has 1 heterocycles. The molecule has 0 spiro atoms. The second-order valence-corrected chi connectivity index (χ2v) is 3.84. The van der Waals surface area contributed by atoms with Crippen LogP contribution in [-0.4, -0.2) is 48.5 Å². The molecule has 1 aromatic rings. The topological polar surface area (TPSA) is 71.5 Å². The van der Waals surface area contributed by atoms with Crippen LogP contribution in [0.25, 0.3) is 0 Å². The lowest BCUT2D eigenvalue weighted by atomic mass is 10.3. The molecule has 0 aliphatic heterocycles. The fraction of sp³-hybridized carbons (Fsp3) is 0.462. The predicted octanol–water partition coefficient (Wildman–Crippen LogP) is 1.15. The van der Waals surface area contributed by atoms with Crippen molar-refractivity contribution < 1.29 is 14.3 Å². The van der Waals surface area contributed by atoms with Gasteiger partial charge in [0.25, 0.3) is 0 Å². The highest BCUT2D eigenvalue weighted by Gasteiger charge is 2.10. The summed E-state index contributed by atoms with van der Waals surface area (Å²) >= 11 is 0. The van der Waals surface area contributed by atoms with Gasteiger partial charge in [0.1, 0.15) is 5.69 Å². The van der Waals surface area contributed by atoms with Crippen LogP contribution in [0.1, 0.15) is 24.3 Å². The summed E-state index contributed by atoms with van der Waals surface area (Å²) in [7, 11) is 1.30. The van der Waals surface area contributed by atoms with Crippen LogP contribution in [0.3, 0.4) is 0 Å². The number of hydrogen-bond donors (Lipinski definition) is 1. The summed E-state index contributed by atoms with van der Waals surface area (Å²) in [6.45, 7) is 5.42. The highest BCUT2D eigenvalue weighted by Crippen LogP contribution is 2.08. The zero-order chi connectivity index (χ0) is 14.3. The van der Waals surface area contributed by atoms with Crippen molar-refractivity contribution >= 4 is 17.6 Å². The molecule has 0 aromatic carbocycles. The number of nitrogens with zero attached hydrogens (tertiary/aromatic N) is 2. The van der Waals surface area contributed by atoms with Crippen molar-refractivity contribution in [2.75, 3.05) is 32.1 Å². The molecule has 0 atom stereocenters. The van der Waals surface area contributed by atoms with Crippen LogP contribution in [0, 0.1) is 0 Å². The first-order chi connectivity index (χ1) is 9.12. The van der Waals surface area contributed by atoms with Crippen molar-refractivity contribution in [1.82, 2.24) is 9.88 Å². The minimum Gasteiger partial charge on any atom is -0.464 e. The molecule has 1 amide bonds. The molecule has 0 saturated carbocycles. The van der Waals surface area contributed by atoms with Gasteiger partial charge in [0.05, 0.1) is 13.7 Å². The van der Waals surface area contributed by atoms with E-state index in [1.165, 1.54) is 13.3 Å². The molecule has 0 fully saturated rings. The minimum absolute atomic E-state index is 0.0152. The summed E-state index contributed by atoms with van der Waals surface area (Å²) in [5.74, 6) is -0.486. The number of esters is 1. The number of rotatable bonds is 6. The Balaban J connectivity index is 2.63. The van der Waals surface area contributed by atoms with E-state index in [0.717, 1.165) is 0 Å². The Hall–Kier alpha value is -2.11. The largest absolute Gasteiger partial charge is 0.464 e. The quantitative estimate of drug-likeness (QED) is 0.781. The number of pyridine rings is 1. The lowest BCUT2D eigenvalue weighted by Gasteiger charge is -2.19. The summed E-state index contributed by atoms with van der Waals surface area (Å²) in [6.07, 6.45) is 1.50. The predicted molar refractivity (Wildman–Crippen MR) is 72.0 cm³/mol. The fourth-order valence-corrected chi connectivity index (χ4v) is 1.62. The van der Waals surface area contributed by atoms with Crippen LogP contribution in [0.2, 0.25) is 0 Å². The molecule has 1 rings (SSSR count). The van der Waals surface area contributed by atoms with E-state index < -0.39 is 5.97 Å². The van der Waals surface area contributed by atoms with Crippen molar-refractivity contribution in [2.24, 2.45) is 0 Å². The standard InChI is InChI=1S/C13H19N3O3/c1-4-16(5-2)12(17)9-15-10-6-7-14-11(8-10)13(18)19-3/h6-8H,4-5,9H2,1-3H3,(H,14,15). The third-order valence-corrected chi connectivity index (χ3v) is 2.71. The molecular weight excluding hydrogens is 246 g/mol. The van der Waals surface area contributed by atoms with Gasteiger partial charge in [0.15, 0.2) is 0 Å². The summed E-state index contributed by atoms with van der Waals surface area (Å²) < 4.78 is 4.59. The van der Waals surface area contributed by atoms with Crippen molar-refractivity contribution in [3.05, 3.63) is 24.0 Å². The number of aromatic nitrogens is 1. The Morgan fingerprint density at radius 3 is 2.63 bits per heavy atom. The van der Waals surface area contributed by atoms with Crippen molar-refractivity contribution in [3.63, 3.8) is 0 Å². The number of likely N-dealkylation sites (N-methyl/N-ethyl adjacent to an activating group) is 1. The molecule has 1 N–H and O–H groups in total. The number of ether oxygens (including phenoxy) is 1. The van der Waals surface area contributed by atoms with Gasteiger partial charge in [0.2, 0.25) is 5.91 Å². The Bertz CT molecular complexity index is 445. The highest BCUT2D eigenvalue weighted by molar-refractivity contribution is 5.88. The molecule has 0 saturated heterocycles. The number of methoxy groups -OCH3 is 1. The van der Waals surface area contributed by atoms with Gasteiger partial charge in [-0.25, -0.2) is 9.78 Å². The zero-order valence-corrected chi connectivity index (χ0v) is 11.5. The third kappa shape index (κ3) is 4.24. The van der Waals surface area contributed by atoms with Crippen molar-refractivity contribution in [1.29, 1.82) is 0 Å². The van der Waals surface area contributed by atoms with E-state index in [1.807, 2.05) is 13.8 Å². The maximum absolute atomic E-state index is 11.8. The van der Waals surface area contributed by atoms with Crippen LogP contribution in [0.15, 0.2) is 18.3 Å². The maximum Gasteiger partial charge on any atom is 0.356 e. The SMILES string of the molecule is CCN(CC)C(=O)CNc1ccnc(C(=O)OC)c1. The van der Waals surface area contributed by atoms with Gasteiger partial charge in [-0.3, -0.25) is 4.79 Å². The molecule has 19 heavy (non-hydrogen) atoms. The average Bonchev–Trinajstić information content (AvgIpc) is 2.45. The van der Waals surface area contributed by atoms with Gasteiger partial charge in [-0.05, 0) is 26.0 Å². The first kappa shape index (κ1) is 14.9. The minimum atomic E-state index is -0.501. The second kappa shape index (κ2) is 7.35. The number of hydrogen-bond acceptors (Lipinski definition) is 5. The molecule has 0 bridgehead atoms. The van der Waals surface area contributed by atoms with Gasteiger partial charge in [-0.2, -0.15) is 0 Å². The van der Waals surface area contributed by atoms with Gasteiger partial charge < -0.3 is 15.0 Å². The molecule has 0 unspecified atom stereocenters. The molecule has 0 aliphatic carbocycles. The number of carbonyl (C=O) groups is 2. The van der Waals surface area contributed by atoms with E-state index in [2.05, 4.69) is 15.0 Å². The van der Waals surface area contributed by atoms with E-state index >= 15 is 0 Å². The van der Waals surface area contributed by atoms with Gasteiger partial charge in [-0.15, -0.1) is 0 Å². The summed E-state index contributed by atoms with van der Waals surface area (Å²) in [4.78, 5) is 28.8. The second-order valence-electron chi connectivity index (χ2n) is 3.84. The van der Waals surface area contributed by atoms with E-state index in [4.69, 9.17) is 0 Å². The van der Waals surface area contributed by atoms with Gasteiger partial charge in [-0.1, -0.05) is 0 Å². The van der Waals surface area contributed by atoms with E-state index in [9.17, 15) is 9.59 Å². The normalized spacial score (nSPS) is 9.84. The van der Waals surface area contributed by atoms with E-state index in [-0.39, 0.29) is 18.1 Å². The number of carbonyl (C=O) groups excluding carboxylic acids is 2. The first-order valence-electron chi connectivity index (χ1n) is 6.18. The monoisotopic (exact) mass is 265 g/mol. The highest BCUT2D eigenvalue weighted by atomic mass is 16.5. The Kier molecular flexibility index (Phi) is 5.78. The molecular formula is C13H19N3O3. The zero-order valence-electron chi connectivity index (χ0n) is 11.5. The lowest BCUT2D eigenvalue weighted by molar-refractivity contribution is -0.128. The molecule has 104 valence electrons. The molecule has 0 radical (unpaired) electrons. The number of amides is 1. The number of anilines is 1. The fourth-order valence-electron chi connectivity index (χ4n) is 1.62. The van der Waals surface area contributed by atoms with Crippen LogP contribution in [0.5, 0.6) is 0 Å². The van der Waals surface area contributed by atoms with Gasteiger partial charge >= 0.3 is 5.97 Å². The van der Waals surface area contributed by atoms with E-state index in [1.54, 1.807) is 17.0 Å². The van der Waals surface area contributed by atoms with E-state index in [0.29, 0.717) is 18.8 Å². The smallest absolute Gasteiger partial charge is 0.356 e. The Morgan fingerprint density at radius 1 is 1.37 bits per heavy atom. The van der Waals surface area contributed by atoms with Crippen LogP contribution in [0.4, 0.5) is 5.69 Å². The maximum atomic E-state index is 11.8. The third-order valence-electron chi connectivity index (χ3n) is 2.71. The molecule has 6 heteroatoms. The molecule has 1 aromatic heterocycles.